The first-order chi connectivity index (χ1) is 9.09. The number of phenolic OH excluding ortho intramolecular Hbond substituents is 1. The van der Waals surface area contributed by atoms with Gasteiger partial charge in [0.25, 0.3) is 0 Å². The van der Waals surface area contributed by atoms with Crippen molar-refractivity contribution in [2.45, 2.75) is 31.7 Å². The molecule has 0 radical (unpaired) electrons. The van der Waals surface area contributed by atoms with Crippen molar-refractivity contribution in [1.82, 2.24) is 9.80 Å². The summed E-state index contributed by atoms with van der Waals surface area (Å²) < 4.78 is 0. The maximum absolute atomic E-state index is 9.98. The second kappa shape index (κ2) is 6.40. The van der Waals surface area contributed by atoms with Crippen molar-refractivity contribution in [1.29, 1.82) is 0 Å². The molecular formula is C16H26N2O. The number of fused-ring (bicyclic) bond motifs is 1. The van der Waals surface area contributed by atoms with Crippen LogP contribution in [0.4, 0.5) is 0 Å². The molecule has 1 unspecified atom stereocenters. The molecule has 1 aromatic rings. The molecular weight excluding hydrogens is 236 g/mol. The SMILES string of the molecule is CN(C)CCCN(C)C1CCCc2c(O)cccc21. The molecule has 0 saturated carbocycles. The average Bonchev–Trinajstić information content (AvgIpc) is 2.38. The molecule has 106 valence electrons. The van der Waals surface area contributed by atoms with Crippen molar-refractivity contribution in [3.63, 3.8) is 0 Å². The van der Waals surface area contributed by atoms with Gasteiger partial charge in [0.05, 0.1) is 0 Å². The zero-order chi connectivity index (χ0) is 13.8. The van der Waals surface area contributed by atoms with E-state index in [1.54, 1.807) is 0 Å². The smallest absolute Gasteiger partial charge is 0.119 e. The topological polar surface area (TPSA) is 26.7 Å². The summed E-state index contributed by atoms with van der Waals surface area (Å²) in [6.45, 7) is 2.24. The number of rotatable bonds is 5. The third-order valence-corrected chi connectivity index (χ3v) is 4.10. The van der Waals surface area contributed by atoms with E-state index in [1.165, 1.54) is 30.4 Å². The Balaban J connectivity index is 2.04. The Hall–Kier alpha value is -1.06. The summed E-state index contributed by atoms with van der Waals surface area (Å²) in [5, 5.41) is 9.98. The van der Waals surface area contributed by atoms with Gasteiger partial charge in [-0.05, 0) is 77.1 Å². The van der Waals surface area contributed by atoms with Gasteiger partial charge in [0, 0.05) is 6.04 Å². The molecule has 1 N–H and O–H groups in total. The van der Waals surface area contributed by atoms with Crippen LogP contribution < -0.4 is 0 Å². The van der Waals surface area contributed by atoms with Gasteiger partial charge >= 0.3 is 0 Å². The van der Waals surface area contributed by atoms with E-state index in [4.69, 9.17) is 0 Å². The summed E-state index contributed by atoms with van der Waals surface area (Å²) in [6.07, 6.45) is 4.58. The molecule has 1 aliphatic rings. The summed E-state index contributed by atoms with van der Waals surface area (Å²) in [4.78, 5) is 4.68. The maximum Gasteiger partial charge on any atom is 0.119 e. The lowest BCUT2D eigenvalue weighted by Crippen LogP contribution is -2.30. The van der Waals surface area contributed by atoms with Crippen LogP contribution in [0.2, 0.25) is 0 Å². The molecule has 0 spiro atoms. The van der Waals surface area contributed by atoms with Gasteiger partial charge in [-0.25, -0.2) is 0 Å². The molecule has 2 rings (SSSR count). The summed E-state index contributed by atoms with van der Waals surface area (Å²) in [6, 6.07) is 6.44. The van der Waals surface area contributed by atoms with Crippen molar-refractivity contribution >= 4 is 0 Å². The molecule has 0 saturated heterocycles. The predicted molar refractivity (Wildman–Crippen MR) is 79.6 cm³/mol. The molecule has 0 amide bonds. The van der Waals surface area contributed by atoms with Crippen molar-refractivity contribution < 1.29 is 5.11 Å². The lowest BCUT2D eigenvalue weighted by molar-refractivity contribution is 0.209. The first kappa shape index (κ1) is 14.4. The Morgan fingerprint density at radius 1 is 1.21 bits per heavy atom. The van der Waals surface area contributed by atoms with Crippen LogP contribution in [0.15, 0.2) is 18.2 Å². The van der Waals surface area contributed by atoms with Crippen molar-refractivity contribution in [3.8, 4) is 5.75 Å². The number of aromatic hydroxyl groups is 1. The van der Waals surface area contributed by atoms with Crippen LogP contribution in [0.25, 0.3) is 0 Å². The lowest BCUT2D eigenvalue weighted by Gasteiger charge is -2.33. The van der Waals surface area contributed by atoms with E-state index in [2.05, 4.69) is 37.0 Å². The predicted octanol–water partition coefficient (Wildman–Crippen LogP) is 2.65. The largest absolute Gasteiger partial charge is 0.508 e. The third kappa shape index (κ3) is 3.48. The number of hydrogen-bond donors (Lipinski definition) is 1. The van der Waals surface area contributed by atoms with Gasteiger partial charge < -0.3 is 10.0 Å². The standard InChI is InChI=1S/C16H26N2O/c1-17(2)11-6-12-18(3)15-9-4-8-14-13(15)7-5-10-16(14)19/h5,7,10,15,19H,4,6,8-9,11-12H2,1-3H3. The zero-order valence-corrected chi connectivity index (χ0v) is 12.4. The van der Waals surface area contributed by atoms with E-state index in [-0.39, 0.29) is 0 Å². The van der Waals surface area contributed by atoms with Gasteiger partial charge in [-0.15, -0.1) is 0 Å². The molecule has 1 atom stereocenters. The fourth-order valence-electron chi connectivity index (χ4n) is 3.05. The highest BCUT2D eigenvalue weighted by molar-refractivity contribution is 5.42. The number of hydrogen-bond acceptors (Lipinski definition) is 3. The van der Waals surface area contributed by atoms with Gasteiger partial charge in [0.2, 0.25) is 0 Å². The molecule has 0 bridgehead atoms. The summed E-state index contributed by atoms with van der Waals surface area (Å²) >= 11 is 0. The van der Waals surface area contributed by atoms with E-state index < -0.39 is 0 Å². The van der Waals surface area contributed by atoms with E-state index in [9.17, 15) is 5.11 Å². The Labute approximate surface area is 116 Å². The Kier molecular flexibility index (Phi) is 4.83. The fraction of sp³-hybridized carbons (Fsp3) is 0.625. The highest BCUT2D eigenvalue weighted by atomic mass is 16.3. The van der Waals surface area contributed by atoms with Gasteiger partial charge in [-0.1, -0.05) is 12.1 Å². The molecule has 3 nitrogen and oxygen atoms in total. The minimum atomic E-state index is 0.470. The molecule has 1 aliphatic carbocycles. The molecule has 19 heavy (non-hydrogen) atoms. The van der Waals surface area contributed by atoms with E-state index in [0.29, 0.717) is 11.8 Å². The Morgan fingerprint density at radius 2 is 2.00 bits per heavy atom. The van der Waals surface area contributed by atoms with Gasteiger partial charge in [0.15, 0.2) is 0 Å². The van der Waals surface area contributed by atoms with Gasteiger partial charge in [-0.3, -0.25) is 4.90 Å². The second-order valence-electron chi connectivity index (χ2n) is 5.89. The summed E-state index contributed by atoms with van der Waals surface area (Å²) in [5.41, 5.74) is 2.50. The Morgan fingerprint density at radius 3 is 2.74 bits per heavy atom. The van der Waals surface area contributed by atoms with Crippen LogP contribution in [-0.4, -0.2) is 49.1 Å². The molecule has 0 aromatic heterocycles. The van der Waals surface area contributed by atoms with Crippen LogP contribution in [0, 0.1) is 0 Å². The monoisotopic (exact) mass is 262 g/mol. The quantitative estimate of drug-likeness (QED) is 0.883. The lowest BCUT2D eigenvalue weighted by atomic mass is 9.86. The molecule has 0 aliphatic heterocycles. The van der Waals surface area contributed by atoms with Gasteiger partial charge in [-0.2, -0.15) is 0 Å². The van der Waals surface area contributed by atoms with Crippen LogP contribution >= 0.6 is 0 Å². The highest BCUT2D eigenvalue weighted by Crippen LogP contribution is 2.37. The molecule has 0 heterocycles. The number of nitrogens with zero attached hydrogens (tertiary/aromatic N) is 2. The fourth-order valence-corrected chi connectivity index (χ4v) is 3.05. The maximum atomic E-state index is 9.98. The van der Waals surface area contributed by atoms with Gasteiger partial charge in [0.1, 0.15) is 5.75 Å². The second-order valence-corrected chi connectivity index (χ2v) is 5.89. The van der Waals surface area contributed by atoms with Crippen LogP contribution in [-0.2, 0) is 6.42 Å². The first-order valence-corrected chi connectivity index (χ1v) is 7.25. The van der Waals surface area contributed by atoms with Crippen molar-refractivity contribution in [3.05, 3.63) is 29.3 Å². The summed E-state index contributed by atoms with van der Waals surface area (Å²) in [7, 11) is 6.45. The number of phenols is 1. The minimum absolute atomic E-state index is 0.470. The number of benzene rings is 1. The molecule has 0 fully saturated rings. The highest BCUT2D eigenvalue weighted by Gasteiger charge is 2.24. The van der Waals surface area contributed by atoms with E-state index in [0.717, 1.165) is 19.5 Å². The van der Waals surface area contributed by atoms with E-state index in [1.807, 2.05) is 12.1 Å². The van der Waals surface area contributed by atoms with Crippen LogP contribution in [0.1, 0.15) is 36.4 Å². The van der Waals surface area contributed by atoms with E-state index >= 15 is 0 Å². The zero-order valence-electron chi connectivity index (χ0n) is 12.4. The van der Waals surface area contributed by atoms with Crippen molar-refractivity contribution in [2.75, 3.05) is 34.2 Å². The molecule has 3 heteroatoms. The van der Waals surface area contributed by atoms with Crippen molar-refractivity contribution in [2.24, 2.45) is 0 Å². The van der Waals surface area contributed by atoms with Crippen LogP contribution in [0.3, 0.4) is 0 Å². The van der Waals surface area contributed by atoms with Crippen LogP contribution in [0.5, 0.6) is 5.75 Å². The molecule has 1 aromatic carbocycles. The minimum Gasteiger partial charge on any atom is -0.508 e. The Bertz CT molecular complexity index is 417. The third-order valence-electron chi connectivity index (χ3n) is 4.10. The summed E-state index contributed by atoms with van der Waals surface area (Å²) in [5.74, 6) is 0.476. The first-order valence-electron chi connectivity index (χ1n) is 7.25. The average molecular weight is 262 g/mol. The normalized spacial score (nSPS) is 18.9.